The van der Waals surface area contributed by atoms with E-state index in [-0.39, 0.29) is 11.3 Å². The second-order valence-corrected chi connectivity index (χ2v) is 6.12. The number of hydrogen-bond donors (Lipinski definition) is 1. The van der Waals surface area contributed by atoms with Crippen LogP contribution < -0.4 is 10.1 Å². The minimum atomic E-state index is -0.260. The summed E-state index contributed by atoms with van der Waals surface area (Å²) in [5, 5.41) is 3.28. The molecule has 2 aliphatic carbocycles. The predicted octanol–water partition coefficient (Wildman–Crippen LogP) is 3.18. The van der Waals surface area contributed by atoms with E-state index in [9.17, 15) is 4.79 Å². The molecule has 0 aromatic heterocycles. The molecule has 0 unspecified atom stereocenters. The zero-order valence-corrected chi connectivity index (χ0v) is 12.2. The van der Waals surface area contributed by atoms with Crippen LogP contribution in [0.1, 0.15) is 50.5 Å². The first-order valence-electron chi connectivity index (χ1n) is 7.70. The van der Waals surface area contributed by atoms with Crippen LogP contribution in [-0.4, -0.2) is 19.1 Å². The van der Waals surface area contributed by atoms with Gasteiger partial charge in [0.1, 0.15) is 5.75 Å². The highest BCUT2D eigenvalue weighted by Crippen LogP contribution is 2.48. The van der Waals surface area contributed by atoms with Gasteiger partial charge < -0.3 is 10.1 Å². The lowest BCUT2D eigenvalue weighted by Gasteiger charge is -2.25. The largest absolute Gasteiger partial charge is 0.497 e. The zero-order chi connectivity index (χ0) is 14.0. The SMILES string of the molecule is COc1ccc(C2(C(=O)NC3CCCCC3)CC2)cc1. The third-order valence-corrected chi connectivity index (χ3v) is 4.77. The van der Waals surface area contributed by atoms with Crippen molar-refractivity contribution >= 4 is 5.91 Å². The molecule has 1 aromatic rings. The first-order valence-corrected chi connectivity index (χ1v) is 7.70. The Hall–Kier alpha value is -1.51. The van der Waals surface area contributed by atoms with Crippen molar-refractivity contribution in [2.45, 2.75) is 56.4 Å². The lowest BCUT2D eigenvalue weighted by atomic mass is 9.91. The lowest BCUT2D eigenvalue weighted by molar-refractivity contribution is -0.124. The van der Waals surface area contributed by atoms with Gasteiger partial charge in [-0.3, -0.25) is 4.79 Å². The van der Waals surface area contributed by atoms with Crippen molar-refractivity contribution < 1.29 is 9.53 Å². The lowest BCUT2D eigenvalue weighted by Crippen LogP contribution is -2.42. The predicted molar refractivity (Wildman–Crippen MR) is 78.9 cm³/mol. The Kier molecular flexibility index (Phi) is 3.68. The van der Waals surface area contributed by atoms with Crippen LogP contribution in [0.15, 0.2) is 24.3 Å². The molecular formula is C17H23NO2. The van der Waals surface area contributed by atoms with Gasteiger partial charge in [0.2, 0.25) is 5.91 Å². The summed E-state index contributed by atoms with van der Waals surface area (Å²) in [6, 6.07) is 8.36. The number of rotatable bonds is 4. The van der Waals surface area contributed by atoms with E-state index in [1.54, 1.807) is 7.11 Å². The highest BCUT2D eigenvalue weighted by Gasteiger charge is 2.51. The Morgan fingerprint density at radius 2 is 1.80 bits per heavy atom. The van der Waals surface area contributed by atoms with E-state index in [1.165, 1.54) is 19.3 Å². The number of amides is 1. The van der Waals surface area contributed by atoms with Crippen LogP contribution in [0.3, 0.4) is 0 Å². The van der Waals surface area contributed by atoms with Crippen LogP contribution in [0, 0.1) is 0 Å². The van der Waals surface area contributed by atoms with E-state index >= 15 is 0 Å². The molecule has 0 heterocycles. The number of benzene rings is 1. The second kappa shape index (κ2) is 5.47. The maximum Gasteiger partial charge on any atom is 0.230 e. The van der Waals surface area contributed by atoms with Crippen LogP contribution >= 0.6 is 0 Å². The fourth-order valence-electron chi connectivity index (χ4n) is 3.25. The molecule has 2 aliphatic rings. The summed E-state index contributed by atoms with van der Waals surface area (Å²) in [4.78, 5) is 12.6. The number of nitrogens with one attached hydrogen (secondary N) is 1. The van der Waals surface area contributed by atoms with Gasteiger partial charge in [0.05, 0.1) is 12.5 Å². The van der Waals surface area contributed by atoms with Crippen LogP contribution in [0.25, 0.3) is 0 Å². The molecule has 2 saturated carbocycles. The minimum absolute atomic E-state index is 0.231. The molecule has 0 bridgehead atoms. The Morgan fingerprint density at radius 3 is 2.35 bits per heavy atom. The summed E-state index contributed by atoms with van der Waals surface area (Å²) in [7, 11) is 1.66. The summed E-state index contributed by atoms with van der Waals surface area (Å²) in [5.41, 5.74) is 0.871. The van der Waals surface area contributed by atoms with E-state index in [2.05, 4.69) is 5.32 Å². The maximum absolute atomic E-state index is 12.6. The summed E-state index contributed by atoms with van der Waals surface area (Å²) >= 11 is 0. The summed E-state index contributed by atoms with van der Waals surface area (Å²) < 4.78 is 5.18. The van der Waals surface area contributed by atoms with Gasteiger partial charge in [0.15, 0.2) is 0 Å². The van der Waals surface area contributed by atoms with Gasteiger partial charge >= 0.3 is 0 Å². The molecule has 0 aliphatic heterocycles. The summed E-state index contributed by atoms with van der Waals surface area (Å²) in [6.07, 6.45) is 8.04. The molecule has 3 nitrogen and oxygen atoms in total. The molecule has 0 atom stereocenters. The molecule has 3 heteroatoms. The molecule has 0 saturated heterocycles. The van der Waals surface area contributed by atoms with Crippen molar-refractivity contribution in [3.05, 3.63) is 29.8 Å². The van der Waals surface area contributed by atoms with Gasteiger partial charge in [-0.25, -0.2) is 0 Å². The van der Waals surface area contributed by atoms with Crippen LogP contribution in [0.2, 0.25) is 0 Å². The Balaban J connectivity index is 1.69. The normalized spacial score (nSPS) is 21.2. The molecule has 2 fully saturated rings. The Labute approximate surface area is 120 Å². The van der Waals surface area contributed by atoms with Crippen molar-refractivity contribution in [2.75, 3.05) is 7.11 Å². The topological polar surface area (TPSA) is 38.3 Å². The molecule has 20 heavy (non-hydrogen) atoms. The van der Waals surface area contributed by atoms with Gasteiger partial charge in [-0.05, 0) is 43.4 Å². The second-order valence-electron chi connectivity index (χ2n) is 6.12. The average Bonchev–Trinajstić information content (AvgIpc) is 3.30. The van der Waals surface area contributed by atoms with Crippen LogP contribution in [-0.2, 0) is 10.2 Å². The number of hydrogen-bond acceptors (Lipinski definition) is 2. The van der Waals surface area contributed by atoms with E-state index in [0.29, 0.717) is 6.04 Å². The summed E-state index contributed by atoms with van der Waals surface area (Å²) in [5.74, 6) is 1.08. The van der Waals surface area contributed by atoms with Crippen molar-refractivity contribution in [3.63, 3.8) is 0 Å². The molecule has 3 rings (SSSR count). The molecule has 0 spiro atoms. The van der Waals surface area contributed by atoms with Crippen molar-refractivity contribution in [3.8, 4) is 5.75 Å². The third-order valence-electron chi connectivity index (χ3n) is 4.77. The van der Waals surface area contributed by atoms with Gasteiger partial charge in [-0.2, -0.15) is 0 Å². The zero-order valence-electron chi connectivity index (χ0n) is 12.2. The maximum atomic E-state index is 12.6. The fourth-order valence-corrected chi connectivity index (χ4v) is 3.25. The number of methoxy groups -OCH3 is 1. The average molecular weight is 273 g/mol. The van der Waals surface area contributed by atoms with E-state index in [4.69, 9.17) is 4.74 Å². The minimum Gasteiger partial charge on any atom is -0.497 e. The Morgan fingerprint density at radius 1 is 1.15 bits per heavy atom. The van der Waals surface area contributed by atoms with E-state index in [0.717, 1.165) is 37.0 Å². The van der Waals surface area contributed by atoms with Crippen molar-refractivity contribution in [1.82, 2.24) is 5.32 Å². The fraction of sp³-hybridized carbons (Fsp3) is 0.588. The van der Waals surface area contributed by atoms with Gasteiger partial charge in [0.25, 0.3) is 0 Å². The van der Waals surface area contributed by atoms with Gasteiger partial charge in [-0.15, -0.1) is 0 Å². The molecule has 108 valence electrons. The third kappa shape index (κ3) is 2.54. The Bertz CT molecular complexity index is 470. The first-order chi connectivity index (χ1) is 9.74. The number of ether oxygens (including phenoxy) is 1. The molecular weight excluding hydrogens is 250 g/mol. The molecule has 1 N–H and O–H groups in total. The standard InChI is InChI=1S/C17H23NO2/c1-20-15-9-7-13(8-10-15)17(11-12-17)16(19)18-14-5-3-2-4-6-14/h7-10,14H,2-6,11-12H2,1H3,(H,18,19). The quantitative estimate of drug-likeness (QED) is 0.915. The first kappa shape index (κ1) is 13.5. The highest BCUT2D eigenvalue weighted by molar-refractivity contribution is 5.91. The smallest absolute Gasteiger partial charge is 0.230 e. The molecule has 1 aromatic carbocycles. The van der Waals surface area contributed by atoms with E-state index < -0.39 is 0 Å². The molecule has 0 radical (unpaired) electrons. The molecule has 1 amide bonds. The number of carbonyl (C=O) groups is 1. The van der Waals surface area contributed by atoms with Gasteiger partial charge in [-0.1, -0.05) is 31.4 Å². The monoisotopic (exact) mass is 273 g/mol. The van der Waals surface area contributed by atoms with E-state index in [1.807, 2.05) is 24.3 Å². The van der Waals surface area contributed by atoms with Gasteiger partial charge in [0, 0.05) is 6.04 Å². The van der Waals surface area contributed by atoms with Crippen LogP contribution in [0.4, 0.5) is 0 Å². The highest BCUT2D eigenvalue weighted by atomic mass is 16.5. The summed E-state index contributed by atoms with van der Waals surface area (Å²) in [6.45, 7) is 0. The van der Waals surface area contributed by atoms with Crippen molar-refractivity contribution in [1.29, 1.82) is 0 Å². The number of carbonyl (C=O) groups excluding carboxylic acids is 1. The van der Waals surface area contributed by atoms with Crippen LogP contribution in [0.5, 0.6) is 5.75 Å². The van der Waals surface area contributed by atoms with Crippen molar-refractivity contribution in [2.24, 2.45) is 0 Å².